The van der Waals surface area contributed by atoms with Crippen molar-refractivity contribution in [1.82, 2.24) is 0 Å². The minimum absolute atomic E-state index is 0.0209. The fourth-order valence-electron chi connectivity index (χ4n) is 2.97. The molecule has 0 aromatic heterocycles. The fraction of sp³-hybridized carbons (Fsp3) is 0.900. The highest BCUT2D eigenvalue weighted by Gasteiger charge is 2.50. The summed E-state index contributed by atoms with van der Waals surface area (Å²) in [6, 6.07) is 0. The van der Waals surface area contributed by atoms with Crippen molar-refractivity contribution in [2.24, 2.45) is 11.8 Å². The predicted molar refractivity (Wildman–Crippen MR) is 50.7 cm³/mol. The summed E-state index contributed by atoms with van der Waals surface area (Å²) in [5, 5.41) is 0. The van der Waals surface area contributed by atoms with Gasteiger partial charge in [-0.2, -0.15) is 0 Å². The Balaban J connectivity index is 2.01. The molecule has 3 heteroatoms. The molecule has 2 bridgehead atoms. The first-order valence-corrected chi connectivity index (χ1v) is 5.45. The van der Waals surface area contributed by atoms with Crippen molar-refractivity contribution >= 4 is 17.6 Å². The first-order valence-electron chi connectivity index (χ1n) is 4.92. The molecule has 0 spiro atoms. The molecule has 2 nitrogen and oxygen atoms in total. The zero-order valence-corrected chi connectivity index (χ0v) is 8.64. The minimum Gasteiger partial charge on any atom is -0.458 e. The maximum Gasteiger partial charge on any atom is 0.321 e. The van der Waals surface area contributed by atoms with Crippen molar-refractivity contribution in [1.29, 1.82) is 0 Å². The van der Waals surface area contributed by atoms with Crippen LogP contribution in [0.2, 0.25) is 0 Å². The number of esters is 1. The molecule has 13 heavy (non-hydrogen) atoms. The maximum atomic E-state index is 11.1. The summed E-state index contributed by atoms with van der Waals surface area (Å²) < 4.78 is 5.41. The van der Waals surface area contributed by atoms with Crippen LogP contribution in [0, 0.1) is 11.8 Å². The molecule has 2 rings (SSSR count). The van der Waals surface area contributed by atoms with Gasteiger partial charge in [-0.1, -0.05) is 0 Å². The highest BCUT2D eigenvalue weighted by atomic mass is 35.5. The van der Waals surface area contributed by atoms with E-state index in [2.05, 4.69) is 6.92 Å². The van der Waals surface area contributed by atoms with E-state index in [4.69, 9.17) is 16.3 Å². The number of hydrogen-bond acceptors (Lipinski definition) is 2. The maximum absolute atomic E-state index is 11.1. The number of alkyl halides is 1. The molecule has 2 fully saturated rings. The molecular weight excluding hydrogens is 188 g/mol. The van der Waals surface area contributed by atoms with E-state index < -0.39 is 0 Å². The molecule has 0 saturated heterocycles. The van der Waals surface area contributed by atoms with Gasteiger partial charge in [0.25, 0.3) is 0 Å². The van der Waals surface area contributed by atoms with Crippen LogP contribution in [0.25, 0.3) is 0 Å². The first kappa shape index (κ1) is 9.32. The van der Waals surface area contributed by atoms with E-state index in [1.807, 2.05) is 0 Å². The van der Waals surface area contributed by atoms with E-state index in [-0.39, 0.29) is 17.5 Å². The van der Waals surface area contributed by atoms with Crippen molar-refractivity contribution in [3.05, 3.63) is 0 Å². The average molecular weight is 203 g/mol. The Hall–Kier alpha value is -0.240. The molecule has 3 unspecified atom stereocenters. The van der Waals surface area contributed by atoms with Crippen LogP contribution in [0.4, 0.5) is 0 Å². The molecule has 2 aliphatic rings. The summed E-state index contributed by atoms with van der Waals surface area (Å²) in [7, 11) is 0. The lowest BCUT2D eigenvalue weighted by atomic mass is 9.86. The number of halogens is 1. The smallest absolute Gasteiger partial charge is 0.321 e. The molecule has 0 amide bonds. The van der Waals surface area contributed by atoms with E-state index in [0.29, 0.717) is 5.92 Å². The van der Waals surface area contributed by atoms with E-state index >= 15 is 0 Å². The van der Waals surface area contributed by atoms with Crippen LogP contribution in [0.1, 0.15) is 32.6 Å². The summed E-state index contributed by atoms with van der Waals surface area (Å²) in [4.78, 5) is 11.1. The minimum atomic E-state index is -0.267. The number of carbonyl (C=O) groups is 1. The lowest BCUT2D eigenvalue weighted by molar-refractivity contribution is -0.160. The second kappa shape index (κ2) is 3.16. The molecule has 0 aliphatic heterocycles. The summed E-state index contributed by atoms with van der Waals surface area (Å²) in [5.74, 6) is 1.09. The third kappa shape index (κ3) is 1.56. The Kier molecular flexibility index (Phi) is 2.26. The number of carbonyl (C=O) groups excluding carboxylic acids is 1. The Morgan fingerprint density at radius 2 is 2.38 bits per heavy atom. The normalized spacial score (nSPS) is 42.3. The SMILES string of the molecule is CC1(OC(=O)CCl)CC2CCC1C2. The van der Waals surface area contributed by atoms with Crippen LogP contribution in [-0.2, 0) is 9.53 Å². The van der Waals surface area contributed by atoms with Gasteiger partial charge in [-0.05, 0) is 44.4 Å². The molecule has 3 atom stereocenters. The van der Waals surface area contributed by atoms with Gasteiger partial charge in [-0.3, -0.25) is 4.79 Å². The largest absolute Gasteiger partial charge is 0.458 e. The zero-order chi connectivity index (χ0) is 9.47. The van der Waals surface area contributed by atoms with Gasteiger partial charge in [-0.15, -0.1) is 11.6 Å². The molecule has 74 valence electrons. The van der Waals surface area contributed by atoms with Crippen LogP contribution < -0.4 is 0 Å². The van der Waals surface area contributed by atoms with Crippen LogP contribution in [0.15, 0.2) is 0 Å². The Morgan fingerprint density at radius 1 is 1.62 bits per heavy atom. The van der Waals surface area contributed by atoms with Gasteiger partial charge in [0.05, 0.1) is 0 Å². The number of hydrogen-bond donors (Lipinski definition) is 0. The summed E-state index contributed by atoms with van der Waals surface area (Å²) >= 11 is 5.42. The quantitative estimate of drug-likeness (QED) is 0.508. The van der Waals surface area contributed by atoms with Gasteiger partial charge in [0.15, 0.2) is 0 Å². The monoisotopic (exact) mass is 202 g/mol. The van der Waals surface area contributed by atoms with Gasteiger partial charge in [0.1, 0.15) is 11.5 Å². The molecular formula is C10H15ClO2. The average Bonchev–Trinajstić information content (AvgIpc) is 2.62. The molecule has 0 heterocycles. The molecule has 0 aromatic rings. The highest BCUT2D eigenvalue weighted by molar-refractivity contribution is 6.26. The van der Waals surface area contributed by atoms with Crippen LogP contribution in [0.3, 0.4) is 0 Å². The molecule has 0 radical (unpaired) electrons. The van der Waals surface area contributed by atoms with E-state index in [9.17, 15) is 4.79 Å². The fourth-order valence-corrected chi connectivity index (χ4v) is 3.02. The Morgan fingerprint density at radius 3 is 2.85 bits per heavy atom. The summed E-state index contributed by atoms with van der Waals surface area (Å²) in [5.41, 5.74) is -0.200. The zero-order valence-electron chi connectivity index (χ0n) is 7.88. The Bertz CT molecular complexity index is 229. The van der Waals surface area contributed by atoms with Gasteiger partial charge in [0.2, 0.25) is 0 Å². The molecule has 2 aliphatic carbocycles. The topological polar surface area (TPSA) is 26.3 Å². The van der Waals surface area contributed by atoms with E-state index in [1.165, 1.54) is 19.3 Å². The van der Waals surface area contributed by atoms with Crippen molar-refractivity contribution in [3.8, 4) is 0 Å². The summed E-state index contributed by atoms with van der Waals surface area (Å²) in [6.07, 6.45) is 4.82. The second-order valence-electron chi connectivity index (χ2n) is 4.50. The van der Waals surface area contributed by atoms with Crippen LogP contribution in [0.5, 0.6) is 0 Å². The van der Waals surface area contributed by atoms with Gasteiger partial charge < -0.3 is 4.74 Å². The number of rotatable bonds is 2. The van der Waals surface area contributed by atoms with Crippen molar-refractivity contribution < 1.29 is 9.53 Å². The summed E-state index contributed by atoms with van der Waals surface area (Å²) in [6.45, 7) is 2.06. The second-order valence-corrected chi connectivity index (χ2v) is 4.77. The lowest BCUT2D eigenvalue weighted by Crippen LogP contribution is -2.37. The van der Waals surface area contributed by atoms with Gasteiger partial charge in [-0.25, -0.2) is 0 Å². The van der Waals surface area contributed by atoms with Crippen molar-refractivity contribution in [3.63, 3.8) is 0 Å². The van der Waals surface area contributed by atoms with E-state index in [1.54, 1.807) is 0 Å². The van der Waals surface area contributed by atoms with Crippen LogP contribution in [-0.4, -0.2) is 17.5 Å². The molecule has 2 saturated carbocycles. The number of ether oxygens (including phenoxy) is 1. The van der Waals surface area contributed by atoms with E-state index in [0.717, 1.165) is 12.3 Å². The third-order valence-corrected chi connectivity index (χ3v) is 3.77. The third-order valence-electron chi connectivity index (χ3n) is 3.55. The first-order chi connectivity index (χ1) is 6.14. The van der Waals surface area contributed by atoms with Crippen molar-refractivity contribution in [2.75, 3.05) is 5.88 Å². The lowest BCUT2D eigenvalue weighted by Gasteiger charge is -2.33. The van der Waals surface area contributed by atoms with Crippen molar-refractivity contribution in [2.45, 2.75) is 38.2 Å². The van der Waals surface area contributed by atoms with Crippen LogP contribution >= 0.6 is 11.6 Å². The highest BCUT2D eigenvalue weighted by Crippen LogP contribution is 2.52. The van der Waals surface area contributed by atoms with Gasteiger partial charge in [0, 0.05) is 0 Å². The van der Waals surface area contributed by atoms with Gasteiger partial charge >= 0.3 is 5.97 Å². The predicted octanol–water partition coefficient (Wildman–Crippen LogP) is 2.35. The molecule has 0 N–H and O–H groups in total. The molecule has 0 aromatic carbocycles. The standard InChI is InChI=1S/C10H15ClO2/c1-10(13-9(12)6-11)5-7-2-3-8(10)4-7/h7-8H,2-6H2,1H3. The number of fused-ring (bicyclic) bond motifs is 2. The Labute approximate surface area is 83.6 Å².